The van der Waals surface area contributed by atoms with Gasteiger partial charge in [-0.25, -0.2) is 0 Å². The van der Waals surface area contributed by atoms with Crippen LogP contribution in [0.5, 0.6) is 0 Å². The summed E-state index contributed by atoms with van der Waals surface area (Å²) in [6.07, 6.45) is 4.40. The number of aliphatic hydroxyl groups is 3. The lowest BCUT2D eigenvalue weighted by Gasteiger charge is -2.28. The number of hydrogen-bond acceptors (Lipinski definition) is 5. The van der Waals surface area contributed by atoms with Gasteiger partial charge in [-0.2, -0.15) is 5.10 Å². The van der Waals surface area contributed by atoms with Crippen LogP contribution < -0.4 is 5.32 Å². The smallest absolute Gasteiger partial charge is 0.0881 e. The second-order valence-corrected chi connectivity index (χ2v) is 3.95. The average Bonchev–Trinajstić information content (AvgIpc) is 2.71. The monoisotopic (exact) mass is 229 g/mol. The van der Waals surface area contributed by atoms with Crippen LogP contribution in [-0.4, -0.2) is 57.0 Å². The van der Waals surface area contributed by atoms with E-state index in [0.717, 1.165) is 12.0 Å². The Bertz CT molecular complexity index is 302. The maximum absolute atomic E-state index is 9.08. The minimum Gasteiger partial charge on any atom is -0.394 e. The fourth-order valence-corrected chi connectivity index (χ4v) is 1.39. The van der Waals surface area contributed by atoms with Crippen molar-refractivity contribution in [3.05, 3.63) is 18.0 Å². The summed E-state index contributed by atoms with van der Waals surface area (Å²) in [5.41, 5.74) is 0.0695. The number of aliphatic hydroxyl groups excluding tert-OH is 3. The third-order valence-corrected chi connectivity index (χ3v) is 2.58. The molecule has 0 aromatic carbocycles. The van der Waals surface area contributed by atoms with Crippen molar-refractivity contribution in [1.29, 1.82) is 0 Å². The Morgan fingerprint density at radius 2 is 1.94 bits per heavy atom. The molecule has 6 heteroatoms. The first-order valence-electron chi connectivity index (χ1n) is 5.21. The standard InChI is InChI=1S/C10H19N3O3/c1-13-5-9(4-12-13)2-3-11-10(6-14,7-15)8-16/h4-5,11,14-16H,2-3,6-8H2,1H3. The summed E-state index contributed by atoms with van der Waals surface area (Å²) in [6, 6.07) is 0. The van der Waals surface area contributed by atoms with Crippen LogP contribution in [-0.2, 0) is 13.5 Å². The molecule has 4 N–H and O–H groups in total. The predicted octanol–water partition coefficient (Wildman–Crippen LogP) is -1.73. The summed E-state index contributed by atoms with van der Waals surface area (Å²) >= 11 is 0. The predicted molar refractivity (Wildman–Crippen MR) is 58.9 cm³/mol. The molecule has 1 aromatic heterocycles. The van der Waals surface area contributed by atoms with Crippen LogP contribution in [0.1, 0.15) is 5.56 Å². The molecule has 0 radical (unpaired) electrons. The van der Waals surface area contributed by atoms with Gasteiger partial charge in [-0.15, -0.1) is 0 Å². The highest BCUT2D eigenvalue weighted by molar-refractivity contribution is 5.04. The summed E-state index contributed by atoms with van der Waals surface area (Å²) < 4.78 is 1.71. The third-order valence-electron chi connectivity index (χ3n) is 2.58. The molecule has 0 bridgehead atoms. The maximum atomic E-state index is 9.08. The third kappa shape index (κ3) is 3.28. The van der Waals surface area contributed by atoms with E-state index in [4.69, 9.17) is 15.3 Å². The lowest BCUT2D eigenvalue weighted by atomic mass is 10.0. The van der Waals surface area contributed by atoms with Gasteiger partial charge in [-0.3, -0.25) is 4.68 Å². The minimum atomic E-state index is -0.998. The molecule has 0 amide bonds. The van der Waals surface area contributed by atoms with Crippen molar-refractivity contribution < 1.29 is 15.3 Å². The van der Waals surface area contributed by atoms with E-state index in [1.165, 1.54) is 0 Å². The zero-order valence-corrected chi connectivity index (χ0v) is 9.43. The molecule has 0 saturated heterocycles. The second-order valence-electron chi connectivity index (χ2n) is 3.95. The largest absolute Gasteiger partial charge is 0.394 e. The van der Waals surface area contributed by atoms with Crippen molar-refractivity contribution in [3.63, 3.8) is 0 Å². The van der Waals surface area contributed by atoms with Crippen molar-refractivity contribution in [1.82, 2.24) is 15.1 Å². The number of hydrogen-bond donors (Lipinski definition) is 4. The summed E-state index contributed by atoms with van der Waals surface area (Å²) in [5.74, 6) is 0. The zero-order chi connectivity index (χ0) is 12.0. The molecule has 0 unspecified atom stereocenters. The maximum Gasteiger partial charge on any atom is 0.0881 e. The Labute approximate surface area is 94.5 Å². The summed E-state index contributed by atoms with van der Waals surface area (Å²) in [4.78, 5) is 0. The highest BCUT2D eigenvalue weighted by Crippen LogP contribution is 2.03. The molecule has 6 nitrogen and oxygen atoms in total. The van der Waals surface area contributed by atoms with Crippen LogP contribution in [0.3, 0.4) is 0 Å². The van der Waals surface area contributed by atoms with Crippen LogP contribution >= 0.6 is 0 Å². The van der Waals surface area contributed by atoms with Gasteiger partial charge in [0.2, 0.25) is 0 Å². The van der Waals surface area contributed by atoms with Gasteiger partial charge in [0, 0.05) is 19.8 Å². The van der Waals surface area contributed by atoms with E-state index in [1.54, 1.807) is 10.9 Å². The quantitative estimate of drug-likeness (QED) is 0.446. The molecule has 0 aliphatic heterocycles. The van der Waals surface area contributed by atoms with Gasteiger partial charge >= 0.3 is 0 Å². The number of nitrogens with one attached hydrogen (secondary N) is 1. The average molecular weight is 229 g/mol. The molecule has 16 heavy (non-hydrogen) atoms. The Morgan fingerprint density at radius 3 is 2.38 bits per heavy atom. The summed E-state index contributed by atoms with van der Waals surface area (Å²) in [6.45, 7) is -0.333. The van der Waals surface area contributed by atoms with Crippen LogP contribution in [0.2, 0.25) is 0 Å². The van der Waals surface area contributed by atoms with Crippen LogP contribution in [0, 0.1) is 0 Å². The minimum absolute atomic E-state index is 0.299. The SMILES string of the molecule is Cn1cc(CCNC(CO)(CO)CO)cn1. The molecule has 1 heterocycles. The van der Waals surface area contributed by atoms with Crippen LogP contribution in [0.15, 0.2) is 12.4 Å². The second kappa shape index (κ2) is 5.95. The molecule has 0 aliphatic rings. The molecule has 0 spiro atoms. The fraction of sp³-hybridized carbons (Fsp3) is 0.700. The van der Waals surface area contributed by atoms with E-state index in [9.17, 15) is 0 Å². The van der Waals surface area contributed by atoms with E-state index in [1.807, 2.05) is 13.2 Å². The normalized spacial score (nSPS) is 12.0. The van der Waals surface area contributed by atoms with Crippen molar-refractivity contribution in [2.45, 2.75) is 12.0 Å². The van der Waals surface area contributed by atoms with Gasteiger partial charge in [0.25, 0.3) is 0 Å². The van der Waals surface area contributed by atoms with Crippen molar-refractivity contribution in [2.24, 2.45) is 7.05 Å². The first kappa shape index (κ1) is 13.1. The molecular weight excluding hydrogens is 210 g/mol. The fourth-order valence-electron chi connectivity index (χ4n) is 1.39. The lowest BCUT2D eigenvalue weighted by molar-refractivity contribution is 0.0431. The molecule has 92 valence electrons. The van der Waals surface area contributed by atoms with E-state index >= 15 is 0 Å². The van der Waals surface area contributed by atoms with Gasteiger partial charge in [-0.1, -0.05) is 0 Å². The number of rotatable bonds is 7. The Balaban J connectivity index is 2.39. The van der Waals surface area contributed by atoms with Crippen molar-refractivity contribution in [2.75, 3.05) is 26.4 Å². The molecule has 0 atom stereocenters. The Kier molecular flexibility index (Phi) is 4.88. The molecule has 1 rings (SSSR count). The van der Waals surface area contributed by atoms with Gasteiger partial charge in [0.05, 0.1) is 31.6 Å². The zero-order valence-electron chi connectivity index (χ0n) is 9.43. The van der Waals surface area contributed by atoms with Gasteiger partial charge < -0.3 is 20.6 Å². The number of nitrogens with zero attached hydrogens (tertiary/aromatic N) is 2. The van der Waals surface area contributed by atoms with Crippen LogP contribution in [0.25, 0.3) is 0 Å². The highest BCUT2D eigenvalue weighted by atomic mass is 16.3. The van der Waals surface area contributed by atoms with E-state index < -0.39 is 5.54 Å². The lowest BCUT2D eigenvalue weighted by Crippen LogP contribution is -2.55. The Morgan fingerprint density at radius 1 is 1.31 bits per heavy atom. The Hall–Kier alpha value is -0.950. The number of aromatic nitrogens is 2. The summed E-state index contributed by atoms with van der Waals surface area (Å²) in [5, 5.41) is 34.2. The topological polar surface area (TPSA) is 90.5 Å². The van der Waals surface area contributed by atoms with E-state index in [0.29, 0.717) is 6.54 Å². The number of aryl methyl sites for hydroxylation is 1. The molecule has 1 aromatic rings. The van der Waals surface area contributed by atoms with Gasteiger partial charge in [0.1, 0.15) is 0 Å². The summed E-state index contributed by atoms with van der Waals surface area (Å²) in [7, 11) is 1.84. The molecule has 0 saturated carbocycles. The molecule has 0 fully saturated rings. The van der Waals surface area contributed by atoms with E-state index in [-0.39, 0.29) is 19.8 Å². The van der Waals surface area contributed by atoms with Crippen molar-refractivity contribution >= 4 is 0 Å². The van der Waals surface area contributed by atoms with E-state index in [2.05, 4.69) is 10.4 Å². The first-order chi connectivity index (χ1) is 7.65. The first-order valence-corrected chi connectivity index (χ1v) is 5.21. The van der Waals surface area contributed by atoms with Gasteiger partial charge in [-0.05, 0) is 12.0 Å². The molecular formula is C10H19N3O3. The van der Waals surface area contributed by atoms with Gasteiger partial charge in [0.15, 0.2) is 0 Å². The highest BCUT2D eigenvalue weighted by Gasteiger charge is 2.26. The van der Waals surface area contributed by atoms with Crippen molar-refractivity contribution in [3.8, 4) is 0 Å². The molecule has 0 aliphatic carbocycles. The van der Waals surface area contributed by atoms with Crippen LogP contribution in [0.4, 0.5) is 0 Å².